The van der Waals surface area contributed by atoms with Crippen LogP contribution >= 0.6 is 0 Å². The fourth-order valence-corrected chi connectivity index (χ4v) is 3.45. The molecule has 6 nitrogen and oxygen atoms in total. The number of aromatic hydroxyl groups is 1. The summed E-state index contributed by atoms with van der Waals surface area (Å²) in [4.78, 5) is 4.63. The van der Waals surface area contributed by atoms with Crippen LogP contribution in [0.25, 0.3) is 0 Å². The summed E-state index contributed by atoms with van der Waals surface area (Å²) in [6.07, 6.45) is 0. The van der Waals surface area contributed by atoms with Crippen LogP contribution in [0.5, 0.6) is 5.75 Å². The highest BCUT2D eigenvalue weighted by molar-refractivity contribution is 7.89. The Morgan fingerprint density at radius 3 is 2.33 bits per heavy atom. The maximum Gasteiger partial charge on any atom is 0.276 e. The highest BCUT2D eigenvalue weighted by Crippen LogP contribution is 2.21. The average Bonchev–Trinajstić information content (AvgIpc) is 2.66. The van der Waals surface area contributed by atoms with E-state index < -0.39 is 10.0 Å². The molecule has 0 aliphatic carbocycles. The largest absolute Gasteiger partial charge is 0.508 e. The van der Waals surface area contributed by atoms with E-state index in [0.29, 0.717) is 12.3 Å². The van der Waals surface area contributed by atoms with E-state index in [2.05, 4.69) is 28.7 Å². The number of phenolic OH excluding ortho intramolecular Hbond substituents is 1. The van der Waals surface area contributed by atoms with Crippen LogP contribution in [0.2, 0.25) is 0 Å². The molecule has 0 radical (unpaired) electrons. The van der Waals surface area contributed by atoms with Crippen molar-refractivity contribution in [3.63, 3.8) is 0 Å². The Labute approximate surface area is 161 Å². The number of nitrogens with zero attached hydrogens (tertiary/aromatic N) is 2. The van der Waals surface area contributed by atoms with E-state index in [9.17, 15) is 13.5 Å². The molecule has 0 saturated heterocycles. The molecule has 0 bridgehead atoms. The van der Waals surface area contributed by atoms with Gasteiger partial charge in [0.25, 0.3) is 10.0 Å². The van der Waals surface area contributed by atoms with E-state index >= 15 is 0 Å². The van der Waals surface area contributed by atoms with E-state index in [-0.39, 0.29) is 10.6 Å². The van der Waals surface area contributed by atoms with E-state index in [0.717, 1.165) is 29.8 Å². The molecule has 2 rings (SSSR count). The number of nitrogens with one attached hydrogen (secondary N) is 1. The Morgan fingerprint density at radius 1 is 1.11 bits per heavy atom. The molecule has 146 valence electrons. The standard InChI is InChI=1S/C20H27N3O3S/c1-5-23(6-2)14-18-13-17(9-12-20(18)24)16(4)21-22-27(25,26)19-10-7-15(3)8-11-19/h7-13,22,24H,5-6,14H2,1-4H3/b21-16+. The van der Waals surface area contributed by atoms with Gasteiger partial charge in [-0.1, -0.05) is 31.5 Å². The lowest BCUT2D eigenvalue weighted by atomic mass is 10.1. The van der Waals surface area contributed by atoms with Gasteiger partial charge in [-0.15, -0.1) is 0 Å². The number of hydrogen-bond acceptors (Lipinski definition) is 5. The summed E-state index contributed by atoms with van der Waals surface area (Å²) in [6.45, 7) is 10.1. The number of aryl methyl sites for hydroxylation is 1. The van der Waals surface area contributed by atoms with Crippen LogP contribution in [0.1, 0.15) is 37.5 Å². The number of benzene rings is 2. The first-order valence-electron chi connectivity index (χ1n) is 8.94. The zero-order valence-electron chi connectivity index (χ0n) is 16.2. The van der Waals surface area contributed by atoms with Gasteiger partial charge < -0.3 is 5.11 Å². The average molecular weight is 390 g/mol. The van der Waals surface area contributed by atoms with Gasteiger partial charge in [-0.2, -0.15) is 18.4 Å². The Hall–Kier alpha value is -2.38. The first-order valence-corrected chi connectivity index (χ1v) is 10.4. The van der Waals surface area contributed by atoms with Crippen LogP contribution < -0.4 is 4.83 Å². The van der Waals surface area contributed by atoms with Gasteiger partial charge in [0.2, 0.25) is 0 Å². The van der Waals surface area contributed by atoms with Crippen molar-refractivity contribution in [1.29, 1.82) is 0 Å². The maximum absolute atomic E-state index is 12.4. The number of hydrogen-bond donors (Lipinski definition) is 2. The molecule has 0 fully saturated rings. The summed E-state index contributed by atoms with van der Waals surface area (Å²) in [6, 6.07) is 11.8. The smallest absolute Gasteiger partial charge is 0.276 e. The predicted octanol–water partition coefficient (Wildman–Crippen LogP) is 3.24. The van der Waals surface area contributed by atoms with Crippen LogP contribution in [0, 0.1) is 6.92 Å². The van der Waals surface area contributed by atoms with Crippen molar-refractivity contribution >= 4 is 15.7 Å². The molecule has 2 aromatic carbocycles. The number of hydrazone groups is 1. The molecule has 2 N–H and O–H groups in total. The van der Waals surface area contributed by atoms with Crippen molar-refractivity contribution in [3.8, 4) is 5.75 Å². The molecule has 0 amide bonds. The number of sulfonamides is 1. The third kappa shape index (κ3) is 5.55. The van der Waals surface area contributed by atoms with Crippen LogP contribution in [0.3, 0.4) is 0 Å². The SMILES string of the molecule is CCN(CC)Cc1cc(/C(C)=N/NS(=O)(=O)c2ccc(C)cc2)ccc1O. The Kier molecular flexibility index (Phi) is 6.98. The van der Waals surface area contributed by atoms with E-state index in [4.69, 9.17) is 0 Å². The normalized spacial score (nSPS) is 12.4. The highest BCUT2D eigenvalue weighted by Gasteiger charge is 2.13. The van der Waals surface area contributed by atoms with Gasteiger partial charge >= 0.3 is 0 Å². The summed E-state index contributed by atoms with van der Waals surface area (Å²) in [5.41, 5.74) is 3.04. The second-order valence-electron chi connectivity index (χ2n) is 6.41. The predicted molar refractivity (Wildman–Crippen MR) is 108 cm³/mol. The summed E-state index contributed by atoms with van der Waals surface area (Å²) in [7, 11) is -3.72. The molecule has 0 atom stereocenters. The Balaban J connectivity index is 2.21. The zero-order chi connectivity index (χ0) is 20.0. The minimum absolute atomic E-state index is 0.164. The van der Waals surface area contributed by atoms with Gasteiger partial charge in [0.1, 0.15) is 5.75 Å². The summed E-state index contributed by atoms with van der Waals surface area (Å²) in [5, 5.41) is 14.1. The van der Waals surface area contributed by atoms with Gasteiger partial charge in [0.05, 0.1) is 10.6 Å². The Morgan fingerprint density at radius 2 is 1.74 bits per heavy atom. The van der Waals surface area contributed by atoms with Crippen LogP contribution in [-0.4, -0.2) is 37.2 Å². The van der Waals surface area contributed by atoms with E-state index in [1.807, 2.05) is 13.0 Å². The lowest BCUT2D eigenvalue weighted by Gasteiger charge is -2.19. The Bertz CT molecular complexity index is 903. The van der Waals surface area contributed by atoms with Crippen LogP contribution in [0.4, 0.5) is 0 Å². The second-order valence-corrected chi connectivity index (χ2v) is 8.07. The first-order chi connectivity index (χ1) is 12.8. The van der Waals surface area contributed by atoms with Crippen molar-refractivity contribution in [3.05, 3.63) is 59.2 Å². The van der Waals surface area contributed by atoms with Gasteiger partial charge in [-0.05, 0) is 62.8 Å². The van der Waals surface area contributed by atoms with Gasteiger partial charge in [0.15, 0.2) is 0 Å². The molecule has 7 heteroatoms. The fourth-order valence-electron chi connectivity index (χ4n) is 2.59. The number of phenols is 1. The van der Waals surface area contributed by atoms with Gasteiger partial charge in [-0.25, -0.2) is 0 Å². The lowest BCUT2D eigenvalue weighted by molar-refractivity contribution is 0.291. The van der Waals surface area contributed by atoms with E-state index in [1.54, 1.807) is 43.3 Å². The van der Waals surface area contributed by atoms with Crippen LogP contribution in [-0.2, 0) is 16.6 Å². The summed E-state index contributed by atoms with van der Waals surface area (Å²) < 4.78 is 24.7. The molecule has 0 heterocycles. The van der Waals surface area contributed by atoms with Crippen molar-refractivity contribution in [2.24, 2.45) is 5.10 Å². The van der Waals surface area contributed by atoms with Crippen molar-refractivity contribution in [2.75, 3.05) is 13.1 Å². The molecule has 2 aromatic rings. The van der Waals surface area contributed by atoms with Gasteiger partial charge in [0, 0.05) is 12.1 Å². The van der Waals surface area contributed by atoms with Crippen molar-refractivity contribution in [1.82, 2.24) is 9.73 Å². The molecule has 0 saturated carbocycles. The third-order valence-electron chi connectivity index (χ3n) is 4.45. The fraction of sp³-hybridized carbons (Fsp3) is 0.350. The van der Waals surface area contributed by atoms with E-state index in [1.165, 1.54) is 0 Å². The highest BCUT2D eigenvalue weighted by atomic mass is 32.2. The first kappa shape index (κ1) is 20.9. The molecular formula is C20H27N3O3S. The third-order valence-corrected chi connectivity index (χ3v) is 5.67. The lowest BCUT2D eigenvalue weighted by Crippen LogP contribution is -2.22. The molecule has 0 aromatic heterocycles. The molecular weight excluding hydrogens is 362 g/mol. The van der Waals surface area contributed by atoms with Crippen molar-refractivity contribution in [2.45, 2.75) is 39.1 Å². The maximum atomic E-state index is 12.4. The molecule has 0 unspecified atom stereocenters. The minimum Gasteiger partial charge on any atom is -0.508 e. The molecule has 0 spiro atoms. The molecule has 27 heavy (non-hydrogen) atoms. The van der Waals surface area contributed by atoms with Gasteiger partial charge in [-0.3, -0.25) is 4.90 Å². The minimum atomic E-state index is -3.72. The summed E-state index contributed by atoms with van der Waals surface area (Å²) >= 11 is 0. The molecule has 0 aliphatic heterocycles. The topological polar surface area (TPSA) is 82.0 Å². The second kappa shape index (κ2) is 9.01. The van der Waals surface area contributed by atoms with Crippen LogP contribution in [0.15, 0.2) is 52.5 Å². The number of rotatable bonds is 8. The zero-order valence-corrected chi connectivity index (χ0v) is 17.0. The summed E-state index contributed by atoms with van der Waals surface area (Å²) in [5.74, 6) is 0.221. The monoisotopic (exact) mass is 389 g/mol. The van der Waals surface area contributed by atoms with Crippen molar-refractivity contribution < 1.29 is 13.5 Å². The quantitative estimate of drug-likeness (QED) is 0.536. The molecule has 0 aliphatic rings.